The van der Waals surface area contributed by atoms with Crippen LogP contribution in [0, 0.1) is 0 Å². The van der Waals surface area contributed by atoms with Gasteiger partial charge in [-0.3, -0.25) is 4.98 Å². The highest BCUT2D eigenvalue weighted by atomic mass is 14.8. The van der Waals surface area contributed by atoms with Crippen LogP contribution in [0.15, 0.2) is 206 Å². The molecule has 0 unspecified atom stereocenters. The van der Waals surface area contributed by atoms with E-state index in [4.69, 9.17) is 19.9 Å². The highest BCUT2D eigenvalue weighted by Crippen LogP contribution is 2.36. The van der Waals surface area contributed by atoms with Gasteiger partial charge in [0.2, 0.25) is 0 Å². The van der Waals surface area contributed by atoms with Crippen molar-refractivity contribution in [1.82, 2.24) is 19.9 Å². The normalized spacial score (nSPS) is 11.2. The lowest BCUT2D eigenvalue weighted by Gasteiger charge is -2.13. The minimum absolute atomic E-state index is 0.860. The second-order valence-corrected chi connectivity index (χ2v) is 13.9. The quantitative estimate of drug-likeness (QED) is 0.154. The van der Waals surface area contributed by atoms with E-state index in [2.05, 4.69) is 158 Å². The van der Waals surface area contributed by atoms with Crippen molar-refractivity contribution in [3.63, 3.8) is 0 Å². The number of aromatic nitrogens is 4. The molecule has 262 valence electrons. The molecule has 4 heterocycles. The van der Waals surface area contributed by atoms with E-state index in [9.17, 15) is 0 Å². The number of benzene rings is 6. The highest BCUT2D eigenvalue weighted by Gasteiger charge is 2.15. The van der Waals surface area contributed by atoms with Gasteiger partial charge in [-0.2, -0.15) is 0 Å². The highest BCUT2D eigenvalue weighted by molar-refractivity contribution is 6.09. The van der Waals surface area contributed by atoms with Crippen LogP contribution in [0.1, 0.15) is 0 Å². The molecule has 0 atom stereocenters. The molecule has 0 N–H and O–H groups in total. The number of nitrogens with zero attached hydrogens (tertiary/aromatic N) is 4. The van der Waals surface area contributed by atoms with Crippen LogP contribution in [-0.4, -0.2) is 19.9 Å². The molecule has 0 fully saturated rings. The Morgan fingerprint density at radius 3 is 1.32 bits per heavy atom. The van der Waals surface area contributed by atoms with Crippen LogP contribution in [0.3, 0.4) is 0 Å². The summed E-state index contributed by atoms with van der Waals surface area (Å²) in [4.78, 5) is 20.4. The van der Waals surface area contributed by atoms with Gasteiger partial charge in [0.05, 0.1) is 39.5 Å². The van der Waals surface area contributed by atoms with Gasteiger partial charge in [0.15, 0.2) is 0 Å². The third-order valence-electron chi connectivity index (χ3n) is 10.3. The fraction of sp³-hybridized carbons (Fsp3) is 0. The fourth-order valence-corrected chi connectivity index (χ4v) is 7.42. The second kappa shape index (κ2) is 14.3. The zero-order valence-electron chi connectivity index (χ0n) is 30.4. The third-order valence-corrected chi connectivity index (χ3v) is 10.3. The van der Waals surface area contributed by atoms with Crippen molar-refractivity contribution in [2.24, 2.45) is 0 Å². The molecule has 0 aliphatic heterocycles. The Morgan fingerprint density at radius 2 is 0.732 bits per heavy atom. The summed E-state index contributed by atoms with van der Waals surface area (Å²) in [5, 5.41) is 2.07. The number of hydrogen-bond acceptors (Lipinski definition) is 4. The Hall–Kier alpha value is -7.56. The molecule has 0 amide bonds. The van der Waals surface area contributed by atoms with E-state index in [0.29, 0.717) is 0 Å². The van der Waals surface area contributed by atoms with Crippen molar-refractivity contribution in [2.45, 2.75) is 0 Å². The van der Waals surface area contributed by atoms with Gasteiger partial charge in [-0.1, -0.05) is 164 Å². The number of rotatable bonds is 7. The molecule has 56 heavy (non-hydrogen) atoms. The molecular formula is C52H34N4. The minimum Gasteiger partial charge on any atom is -0.256 e. The molecule has 10 aromatic rings. The summed E-state index contributed by atoms with van der Waals surface area (Å²) >= 11 is 0. The van der Waals surface area contributed by atoms with E-state index in [-0.39, 0.29) is 0 Å². The first-order valence-corrected chi connectivity index (χ1v) is 18.8. The fourth-order valence-electron chi connectivity index (χ4n) is 7.42. The molecular weight excluding hydrogens is 681 g/mol. The summed E-state index contributed by atoms with van der Waals surface area (Å²) in [6.07, 6.45) is 1.84. The average Bonchev–Trinajstić information content (AvgIpc) is 3.29. The number of pyridine rings is 4. The van der Waals surface area contributed by atoms with Gasteiger partial charge < -0.3 is 0 Å². The van der Waals surface area contributed by atoms with Crippen LogP contribution in [-0.2, 0) is 0 Å². The maximum atomic E-state index is 5.30. The summed E-state index contributed by atoms with van der Waals surface area (Å²) in [7, 11) is 0. The van der Waals surface area contributed by atoms with Gasteiger partial charge in [0.1, 0.15) is 0 Å². The zero-order chi connectivity index (χ0) is 37.3. The summed E-state index contributed by atoms with van der Waals surface area (Å²) in [5.41, 5.74) is 16.2. The molecule has 6 aromatic carbocycles. The van der Waals surface area contributed by atoms with E-state index in [1.807, 2.05) is 48.7 Å². The van der Waals surface area contributed by atoms with Gasteiger partial charge in [-0.15, -0.1) is 0 Å². The minimum atomic E-state index is 0.860. The number of hydrogen-bond donors (Lipinski definition) is 0. The molecule has 4 aromatic heterocycles. The smallest absolute Gasteiger partial charge is 0.0979 e. The first kappa shape index (κ1) is 33.0. The monoisotopic (exact) mass is 714 g/mol. The van der Waals surface area contributed by atoms with Gasteiger partial charge in [-0.05, 0) is 58.7 Å². The van der Waals surface area contributed by atoms with Crippen LogP contribution >= 0.6 is 0 Å². The van der Waals surface area contributed by atoms with Crippen molar-refractivity contribution in [3.05, 3.63) is 206 Å². The van der Waals surface area contributed by atoms with E-state index in [1.165, 1.54) is 5.56 Å². The van der Waals surface area contributed by atoms with Gasteiger partial charge in [-0.25, -0.2) is 15.0 Å². The maximum Gasteiger partial charge on any atom is 0.0979 e. The average molecular weight is 715 g/mol. The van der Waals surface area contributed by atoms with Crippen molar-refractivity contribution < 1.29 is 0 Å². The lowest BCUT2D eigenvalue weighted by molar-refractivity contribution is 1.32. The van der Waals surface area contributed by atoms with Gasteiger partial charge >= 0.3 is 0 Å². The molecule has 0 spiro atoms. The topological polar surface area (TPSA) is 51.6 Å². The van der Waals surface area contributed by atoms with Crippen LogP contribution < -0.4 is 0 Å². The van der Waals surface area contributed by atoms with Crippen LogP contribution in [0.4, 0.5) is 0 Å². The molecule has 10 rings (SSSR count). The van der Waals surface area contributed by atoms with Crippen molar-refractivity contribution in [3.8, 4) is 78.5 Å². The van der Waals surface area contributed by atoms with Crippen LogP contribution in [0.2, 0.25) is 0 Å². The first-order valence-electron chi connectivity index (χ1n) is 18.8. The lowest BCUT2D eigenvalue weighted by atomic mass is 9.97. The van der Waals surface area contributed by atoms with Gasteiger partial charge in [0, 0.05) is 44.8 Å². The Kier molecular flexibility index (Phi) is 8.47. The Labute approximate surface area is 325 Å². The molecule has 0 aliphatic carbocycles. The summed E-state index contributed by atoms with van der Waals surface area (Å²) < 4.78 is 0. The zero-order valence-corrected chi connectivity index (χ0v) is 30.4. The summed E-state index contributed by atoms with van der Waals surface area (Å²) in [6, 6.07) is 69.6. The van der Waals surface area contributed by atoms with E-state index in [1.54, 1.807) is 0 Å². The SMILES string of the molecule is c1ccc(-c2cc(-c3ccccc3)nc(-c3ccc(-c4ccc(-c5cc(-c6ccccn6)c6ccc7ccc(-c8ccccc8)nc7c6n5)cc4)cc3)c2)cc1. The third kappa shape index (κ3) is 6.40. The van der Waals surface area contributed by atoms with E-state index < -0.39 is 0 Å². The second-order valence-electron chi connectivity index (χ2n) is 13.9. The standard InChI is InChI=1S/C52H34N4/c1-4-12-35(13-5-1)43-32-48(39-16-8-3-9-17-39)54-49(33-43)40-23-19-36(20-24-40)37-21-25-41(26-22-37)50-34-45(47-18-10-11-31-53-47)44-29-27-42-28-30-46(38-14-6-2-7-15-38)55-51(42)52(44)56-50/h1-34H. The van der Waals surface area contributed by atoms with Crippen molar-refractivity contribution >= 4 is 21.8 Å². The van der Waals surface area contributed by atoms with E-state index >= 15 is 0 Å². The van der Waals surface area contributed by atoms with Crippen molar-refractivity contribution in [2.75, 3.05) is 0 Å². The lowest BCUT2D eigenvalue weighted by Crippen LogP contribution is -1.94. The molecule has 4 heteroatoms. The van der Waals surface area contributed by atoms with Crippen LogP contribution in [0.25, 0.3) is 100 Å². The predicted molar refractivity (Wildman–Crippen MR) is 231 cm³/mol. The molecule has 0 saturated heterocycles. The Balaban J connectivity index is 1.02. The first-order chi connectivity index (χ1) is 27.7. The molecule has 4 nitrogen and oxygen atoms in total. The Bertz CT molecular complexity index is 2910. The molecule has 0 bridgehead atoms. The summed E-state index contributed by atoms with van der Waals surface area (Å²) in [6.45, 7) is 0. The van der Waals surface area contributed by atoms with Gasteiger partial charge in [0.25, 0.3) is 0 Å². The van der Waals surface area contributed by atoms with Crippen LogP contribution in [0.5, 0.6) is 0 Å². The summed E-state index contributed by atoms with van der Waals surface area (Å²) in [5.74, 6) is 0. The van der Waals surface area contributed by atoms with E-state index in [0.717, 1.165) is 94.8 Å². The Morgan fingerprint density at radius 1 is 0.268 bits per heavy atom. The largest absolute Gasteiger partial charge is 0.256 e. The predicted octanol–water partition coefficient (Wildman–Crippen LogP) is 13.2. The number of fused-ring (bicyclic) bond motifs is 3. The molecule has 0 aliphatic rings. The van der Waals surface area contributed by atoms with Crippen molar-refractivity contribution in [1.29, 1.82) is 0 Å². The molecule has 0 radical (unpaired) electrons. The maximum absolute atomic E-state index is 5.30. The molecule has 0 saturated carbocycles.